The van der Waals surface area contributed by atoms with Crippen LogP contribution in [0.25, 0.3) is 6.08 Å². The highest BCUT2D eigenvalue weighted by Gasteiger charge is 2.45. The van der Waals surface area contributed by atoms with Crippen molar-refractivity contribution in [1.82, 2.24) is 39.1 Å². The zero-order valence-corrected chi connectivity index (χ0v) is 68.2. The number of carbonyl (C=O) groups is 4. The fraction of sp³-hybridized carbons (Fsp3) is 0.333. The number of benzene rings is 4. The molecule has 8 aromatic rings. The van der Waals surface area contributed by atoms with Gasteiger partial charge in [-0.3, -0.25) is 19.2 Å². The van der Waals surface area contributed by atoms with Gasteiger partial charge in [0.1, 0.15) is 22.3 Å². The Morgan fingerprint density at radius 2 is 0.750 bits per heavy atom. The average molecular weight is 1990 g/mol. The summed E-state index contributed by atoms with van der Waals surface area (Å²) in [7, 11) is 3.98. The molecule has 4 amide bonds. The van der Waals surface area contributed by atoms with Crippen molar-refractivity contribution in [3.8, 4) is 24.2 Å². The Morgan fingerprint density at radius 3 is 1.05 bits per heavy atom. The van der Waals surface area contributed by atoms with E-state index in [1.54, 1.807) is 84.9 Å². The molecule has 0 bridgehead atoms. The molecule has 588 valence electrons. The molecule has 4 aromatic carbocycles. The predicted molar refractivity (Wildman–Crippen MR) is 419 cm³/mol. The van der Waals surface area contributed by atoms with E-state index >= 15 is 0 Å². The number of unbranched alkanes of at least 4 members (excludes halogenated alkanes) is 6. The maximum Gasteiger partial charge on any atom is 0.436 e. The summed E-state index contributed by atoms with van der Waals surface area (Å²) in [5, 5.41) is 21.3. The lowest BCUT2D eigenvalue weighted by Gasteiger charge is -2.10. The van der Waals surface area contributed by atoms with Crippen molar-refractivity contribution < 1.29 is 89.4 Å². The molecule has 0 aliphatic heterocycles. The maximum absolute atomic E-state index is 14.0. The molecule has 0 atom stereocenters. The average Bonchev–Trinajstić information content (AvgIpc) is 1.66. The second kappa shape index (κ2) is 48.5. The second-order valence-corrected chi connectivity index (χ2v) is 23.8. The van der Waals surface area contributed by atoms with E-state index in [2.05, 4.69) is 132 Å². The van der Waals surface area contributed by atoms with Crippen LogP contribution in [0.4, 0.5) is 93.0 Å². The number of alkyl halides is 14. The summed E-state index contributed by atoms with van der Waals surface area (Å²) >= 11 is 8.10. The molecule has 0 fully saturated rings. The number of aryl methyl sites for hydroxylation is 4. The summed E-state index contributed by atoms with van der Waals surface area (Å²) < 4.78 is 213. The molecule has 4 N–H and O–H groups in total. The number of halogens is 20. The molecule has 36 heteroatoms. The van der Waals surface area contributed by atoms with Gasteiger partial charge >= 0.3 is 24.7 Å². The number of amides is 4. The van der Waals surface area contributed by atoms with Crippen LogP contribution in [0.1, 0.15) is 167 Å². The van der Waals surface area contributed by atoms with Gasteiger partial charge in [-0.25, -0.2) is 18.7 Å². The van der Waals surface area contributed by atoms with Gasteiger partial charge in [-0.15, -0.1) is 18.9 Å². The van der Waals surface area contributed by atoms with E-state index in [1.165, 1.54) is 37.5 Å². The third-order valence-corrected chi connectivity index (χ3v) is 15.2. The number of aromatic nitrogens is 8. The van der Waals surface area contributed by atoms with Crippen LogP contribution in [0.3, 0.4) is 0 Å². The molecule has 8 rings (SSSR count). The first-order chi connectivity index (χ1) is 50.8. The molecule has 0 spiro atoms. The number of hydrogen-bond donors (Lipinski definition) is 4. The first-order valence-corrected chi connectivity index (χ1v) is 38.3. The minimum atomic E-state index is -4.95. The van der Waals surface area contributed by atoms with Crippen molar-refractivity contribution >= 4 is 143 Å². The lowest BCUT2D eigenvalue weighted by Crippen LogP contribution is -2.19. The Bertz CT molecular complexity index is 4230. The summed E-state index contributed by atoms with van der Waals surface area (Å²) in [5.74, 6) is -1.98. The van der Waals surface area contributed by atoms with Crippen molar-refractivity contribution in [2.24, 2.45) is 28.2 Å². The standard InChI is InChI=1S/C18H19F4N3O.C17H15F4N3O.2C12H8F4IN3O.C6H12.C5H8.2CH3I/c1-3-4-5-6-9-12-10-7-8-11-13(12)23-17(26)14-15(18(20,21)22)24-25(2)16(14)19;1-3-4-5-8-11-9-6-7-10-12(11)22-16(25)13-14(17(19,20)21)23-24(2)15(13)18;2*1-20-10(13)8(9(19-20)12(14,15)16)11(21)18-7-5-3-2-4-6(7)17;1-3-5-6-4-2;1-3-5-4-2;2*1-2/h6-11H,3-5H2,1-2H3,(H,23,26);6-7,9-10H,3-4H2,1-2H3,(H,22,25);2*2-5H,1H3,(H,18,21);3H,1,4-6H2,2H3;1H,4-5H2,2H3;2*1H3. The van der Waals surface area contributed by atoms with Gasteiger partial charge in [0.15, 0.2) is 22.8 Å². The van der Waals surface area contributed by atoms with Crippen molar-refractivity contribution in [2.75, 3.05) is 31.1 Å². The van der Waals surface area contributed by atoms with E-state index in [9.17, 15) is 89.4 Å². The number of para-hydroxylation sites is 4. The minimum Gasteiger partial charge on any atom is -0.321 e. The van der Waals surface area contributed by atoms with E-state index in [-0.39, 0.29) is 5.69 Å². The fourth-order valence-electron chi connectivity index (χ4n) is 8.24. The summed E-state index contributed by atoms with van der Waals surface area (Å²) in [6.07, 6.45) is 0.955. The molecular weight excluding hydrogens is 1910 g/mol. The Kier molecular flexibility index (Phi) is 44.0. The Labute approximate surface area is 669 Å². The first-order valence-electron chi connectivity index (χ1n) is 31.8. The van der Waals surface area contributed by atoms with E-state index in [0.29, 0.717) is 60.5 Å². The number of nitrogens with zero attached hydrogens (tertiary/aromatic N) is 8. The first kappa shape index (κ1) is 98.0. The van der Waals surface area contributed by atoms with Gasteiger partial charge in [-0.1, -0.05) is 183 Å². The van der Waals surface area contributed by atoms with Crippen LogP contribution in [0.5, 0.6) is 0 Å². The number of nitrogens with one attached hydrogen (secondary N) is 4. The molecule has 0 radical (unpaired) electrons. The molecular formula is C72H76F16I4N12O4. The Balaban J connectivity index is 0.000000678. The molecule has 0 aliphatic carbocycles. The molecule has 0 saturated carbocycles. The van der Waals surface area contributed by atoms with E-state index in [4.69, 9.17) is 6.42 Å². The highest BCUT2D eigenvalue weighted by molar-refractivity contribution is 14.1. The van der Waals surface area contributed by atoms with Crippen LogP contribution in [0.15, 0.2) is 116 Å². The van der Waals surface area contributed by atoms with Crippen LogP contribution in [-0.2, 0) is 52.9 Å². The summed E-state index contributed by atoms with van der Waals surface area (Å²) in [5.41, 5.74) is -8.60. The van der Waals surface area contributed by atoms with Crippen LogP contribution >= 0.6 is 90.4 Å². The lowest BCUT2D eigenvalue weighted by atomic mass is 10.1. The van der Waals surface area contributed by atoms with Crippen molar-refractivity contribution in [3.63, 3.8) is 0 Å². The molecule has 0 aliphatic rings. The molecule has 0 unspecified atom stereocenters. The largest absolute Gasteiger partial charge is 0.436 e. The third kappa shape index (κ3) is 31.2. The minimum absolute atomic E-state index is 0.201. The summed E-state index contributed by atoms with van der Waals surface area (Å²) in [6, 6.07) is 25.9. The zero-order chi connectivity index (χ0) is 82.5. The van der Waals surface area contributed by atoms with Gasteiger partial charge in [0.2, 0.25) is 23.8 Å². The van der Waals surface area contributed by atoms with Gasteiger partial charge < -0.3 is 21.3 Å². The Hall–Kier alpha value is -8.00. The quantitative estimate of drug-likeness (QED) is 0.0173. The number of allylic oxidation sites excluding steroid dienone is 2. The number of terminal acetylenes is 1. The van der Waals surface area contributed by atoms with E-state index in [0.717, 1.165) is 66.7 Å². The molecule has 108 heavy (non-hydrogen) atoms. The second-order valence-electron chi connectivity index (χ2n) is 21.4. The van der Waals surface area contributed by atoms with Crippen molar-refractivity contribution in [2.45, 2.75) is 117 Å². The monoisotopic (exact) mass is 1980 g/mol. The molecule has 4 aromatic heterocycles. The van der Waals surface area contributed by atoms with Gasteiger partial charge in [-0.05, 0) is 129 Å². The zero-order valence-electron chi connectivity index (χ0n) is 59.6. The van der Waals surface area contributed by atoms with Crippen LogP contribution in [0.2, 0.25) is 0 Å². The highest BCUT2D eigenvalue weighted by Crippen LogP contribution is 2.37. The normalized spacial score (nSPS) is 10.8. The lowest BCUT2D eigenvalue weighted by molar-refractivity contribution is -0.142. The number of hydrogen-bond acceptors (Lipinski definition) is 8. The van der Waals surface area contributed by atoms with Gasteiger partial charge in [0.05, 0.1) is 17.1 Å². The van der Waals surface area contributed by atoms with Crippen molar-refractivity contribution in [3.05, 3.63) is 203 Å². The van der Waals surface area contributed by atoms with E-state index in [1.807, 2.05) is 74.1 Å². The molecule has 16 nitrogen and oxygen atoms in total. The summed E-state index contributed by atoms with van der Waals surface area (Å²) in [4.78, 5) is 52.4. The number of carbonyl (C=O) groups excluding carboxylic acids is 4. The smallest absolute Gasteiger partial charge is 0.321 e. The van der Waals surface area contributed by atoms with Crippen LogP contribution < -0.4 is 21.3 Å². The van der Waals surface area contributed by atoms with Gasteiger partial charge in [0.25, 0.3) is 23.6 Å². The third-order valence-electron chi connectivity index (χ3n) is 13.3. The number of rotatable bonds is 17. The van der Waals surface area contributed by atoms with Gasteiger partial charge in [-0.2, -0.15) is 90.6 Å². The number of anilines is 4. The van der Waals surface area contributed by atoms with Crippen molar-refractivity contribution in [1.29, 1.82) is 0 Å². The summed E-state index contributed by atoms with van der Waals surface area (Å²) in [6.45, 7) is 11.9. The Morgan fingerprint density at radius 1 is 0.454 bits per heavy atom. The maximum atomic E-state index is 14.0. The topological polar surface area (TPSA) is 188 Å². The SMILES string of the molecule is C#CCCC.C=CCCCC.CCCC#Cc1ccccc1NC(=O)c1c(C(F)(F)F)nn(C)c1F.CCCCC=Cc1ccccc1NC(=O)c1c(C(F)(F)F)nn(C)c1F.CI.CI.Cn1nc(C(F)(F)F)c(C(=O)Nc2ccccc2I)c1F.Cn1nc(C(F)(F)F)c(C(=O)Nc2ccccc2I)c1F. The molecule has 0 saturated heterocycles. The molecule has 4 heterocycles. The van der Waals surface area contributed by atoms with Crippen LogP contribution in [-0.4, -0.2) is 72.6 Å². The van der Waals surface area contributed by atoms with E-state index < -0.39 is 117 Å². The predicted octanol–water partition coefficient (Wildman–Crippen LogP) is 21.8. The highest BCUT2D eigenvalue weighted by atomic mass is 127. The van der Waals surface area contributed by atoms with Crippen LogP contribution in [0, 0.1) is 55.1 Å². The van der Waals surface area contributed by atoms with Gasteiger partial charge in [0, 0.05) is 59.4 Å². The fourth-order valence-corrected chi connectivity index (χ4v) is 9.29.